The molecule has 1 amide bonds. The van der Waals surface area contributed by atoms with Gasteiger partial charge in [0.25, 0.3) is 0 Å². The summed E-state index contributed by atoms with van der Waals surface area (Å²) in [7, 11) is -3.36. The predicted octanol–water partition coefficient (Wildman–Crippen LogP) is 2.48. The van der Waals surface area contributed by atoms with Crippen LogP contribution in [0.4, 0.5) is 5.82 Å². The summed E-state index contributed by atoms with van der Waals surface area (Å²) in [4.78, 5) is 12.0. The van der Waals surface area contributed by atoms with E-state index in [0.29, 0.717) is 11.6 Å². The molecule has 0 radical (unpaired) electrons. The van der Waals surface area contributed by atoms with Gasteiger partial charge in [-0.3, -0.25) is 4.79 Å². The minimum atomic E-state index is -3.36. The maximum atomic E-state index is 12.1. The number of carbonyl (C=O) groups excluding carboxylic acids is 1. The lowest BCUT2D eigenvalue weighted by atomic mass is 10.2. The number of benzene rings is 1. The van der Waals surface area contributed by atoms with Crippen LogP contribution in [0.5, 0.6) is 0 Å². The molecule has 0 bridgehead atoms. The second kappa shape index (κ2) is 6.74. The molecule has 2 aromatic rings. The quantitative estimate of drug-likeness (QED) is 0.882. The summed E-state index contributed by atoms with van der Waals surface area (Å²) in [5.41, 5.74) is 1.00. The summed E-state index contributed by atoms with van der Waals surface area (Å²) in [6.07, 6.45) is 0.357. The minimum Gasteiger partial charge on any atom is -0.360 e. The van der Waals surface area contributed by atoms with Gasteiger partial charge in [0.15, 0.2) is 15.7 Å². The highest BCUT2D eigenvalue weighted by Crippen LogP contribution is 2.14. The molecule has 118 valence electrons. The van der Waals surface area contributed by atoms with Gasteiger partial charge in [0.05, 0.1) is 10.6 Å². The fourth-order valence-corrected chi connectivity index (χ4v) is 3.23. The Morgan fingerprint density at radius 1 is 1.23 bits per heavy atom. The highest BCUT2D eigenvalue weighted by Gasteiger charge is 2.15. The van der Waals surface area contributed by atoms with Gasteiger partial charge in [0.2, 0.25) is 5.91 Å². The molecule has 22 heavy (non-hydrogen) atoms. The van der Waals surface area contributed by atoms with Gasteiger partial charge in [0, 0.05) is 12.5 Å². The normalized spacial score (nSPS) is 11.4. The summed E-state index contributed by atoms with van der Waals surface area (Å²) in [6.45, 7) is 3.61. The van der Waals surface area contributed by atoms with Gasteiger partial charge in [-0.25, -0.2) is 8.42 Å². The minimum absolute atomic E-state index is 0.0681. The Morgan fingerprint density at radius 2 is 1.91 bits per heavy atom. The van der Waals surface area contributed by atoms with Crippen LogP contribution in [0.1, 0.15) is 24.2 Å². The van der Waals surface area contributed by atoms with Crippen molar-refractivity contribution in [3.63, 3.8) is 0 Å². The standard InChI is InChI=1S/C15H18N2O4S/c1-11-5-7-13(8-6-11)22(19,20)9-3-4-15(18)16-14-10-12(2)21-17-14/h5-8,10H,3-4,9H2,1-2H3,(H,16,17,18). The maximum absolute atomic E-state index is 12.1. The Labute approximate surface area is 129 Å². The van der Waals surface area contributed by atoms with Crippen LogP contribution in [0, 0.1) is 13.8 Å². The van der Waals surface area contributed by atoms with Crippen LogP contribution in [0.3, 0.4) is 0 Å². The first-order valence-corrected chi connectivity index (χ1v) is 8.55. The molecule has 0 aliphatic carbocycles. The molecule has 2 rings (SSSR count). The summed E-state index contributed by atoms with van der Waals surface area (Å²) in [5, 5.41) is 6.20. The number of nitrogens with zero attached hydrogens (tertiary/aromatic N) is 1. The lowest BCUT2D eigenvalue weighted by Crippen LogP contribution is -2.14. The van der Waals surface area contributed by atoms with E-state index < -0.39 is 9.84 Å². The molecular formula is C15H18N2O4S. The molecule has 0 atom stereocenters. The van der Waals surface area contributed by atoms with Gasteiger partial charge in [-0.2, -0.15) is 0 Å². The van der Waals surface area contributed by atoms with Gasteiger partial charge < -0.3 is 9.84 Å². The molecule has 1 aromatic heterocycles. The van der Waals surface area contributed by atoms with E-state index in [2.05, 4.69) is 10.5 Å². The lowest BCUT2D eigenvalue weighted by Gasteiger charge is -2.05. The molecule has 6 nitrogen and oxygen atoms in total. The van der Waals surface area contributed by atoms with E-state index in [4.69, 9.17) is 4.52 Å². The van der Waals surface area contributed by atoms with Crippen molar-refractivity contribution in [1.82, 2.24) is 5.16 Å². The van der Waals surface area contributed by atoms with Crippen molar-refractivity contribution in [3.8, 4) is 0 Å². The van der Waals surface area contributed by atoms with E-state index in [1.54, 1.807) is 37.3 Å². The average molecular weight is 322 g/mol. The highest BCUT2D eigenvalue weighted by molar-refractivity contribution is 7.91. The molecule has 7 heteroatoms. The Balaban J connectivity index is 1.84. The number of sulfone groups is 1. The zero-order valence-corrected chi connectivity index (χ0v) is 13.3. The third-order valence-corrected chi connectivity index (χ3v) is 4.91. The molecule has 0 saturated heterocycles. The van der Waals surface area contributed by atoms with Crippen molar-refractivity contribution in [1.29, 1.82) is 0 Å². The number of amides is 1. The van der Waals surface area contributed by atoms with E-state index in [1.165, 1.54) is 0 Å². The monoisotopic (exact) mass is 322 g/mol. The van der Waals surface area contributed by atoms with E-state index in [-0.39, 0.29) is 29.4 Å². The van der Waals surface area contributed by atoms with Crippen LogP contribution in [0.15, 0.2) is 39.8 Å². The van der Waals surface area contributed by atoms with E-state index >= 15 is 0 Å². The number of aromatic nitrogens is 1. The number of rotatable bonds is 6. The largest absolute Gasteiger partial charge is 0.360 e. The molecule has 0 spiro atoms. The van der Waals surface area contributed by atoms with E-state index in [1.807, 2.05) is 6.92 Å². The highest BCUT2D eigenvalue weighted by atomic mass is 32.2. The number of hydrogen-bond donors (Lipinski definition) is 1. The van der Waals surface area contributed by atoms with Crippen molar-refractivity contribution >= 4 is 21.6 Å². The zero-order valence-electron chi connectivity index (χ0n) is 12.5. The van der Waals surface area contributed by atoms with Crippen molar-refractivity contribution < 1.29 is 17.7 Å². The Kier molecular flexibility index (Phi) is 4.97. The van der Waals surface area contributed by atoms with Gasteiger partial charge in [-0.1, -0.05) is 22.9 Å². The van der Waals surface area contributed by atoms with Crippen LogP contribution in [-0.2, 0) is 14.6 Å². The summed E-state index contributed by atoms with van der Waals surface area (Å²) >= 11 is 0. The van der Waals surface area contributed by atoms with E-state index in [9.17, 15) is 13.2 Å². The van der Waals surface area contributed by atoms with Gasteiger partial charge >= 0.3 is 0 Å². The molecule has 0 saturated carbocycles. The molecule has 1 N–H and O–H groups in total. The SMILES string of the molecule is Cc1ccc(S(=O)(=O)CCCC(=O)Nc2cc(C)on2)cc1. The van der Waals surface area contributed by atoms with Crippen LogP contribution >= 0.6 is 0 Å². The zero-order chi connectivity index (χ0) is 16.2. The number of nitrogens with one attached hydrogen (secondary N) is 1. The first-order valence-electron chi connectivity index (χ1n) is 6.89. The third kappa shape index (κ3) is 4.42. The Hall–Kier alpha value is -2.15. The Bertz CT molecular complexity index is 748. The second-order valence-electron chi connectivity index (χ2n) is 5.11. The number of aryl methyl sites for hydroxylation is 2. The molecule has 0 unspecified atom stereocenters. The Morgan fingerprint density at radius 3 is 2.50 bits per heavy atom. The summed E-state index contributed by atoms with van der Waals surface area (Å²) in [5.74, 6) is 0.579. The van der Waals surface area contributed by atoms with Crippen LogP contribution in [-0.4, -0.2) is 25.2 Å². The maximum Gasteiger partial charge on any atom is 0.225 e. The molecule has 0 aliphatic rings. The number of carbonyl (C=O) groups is 1. The summed E-state index contributed by atoms with van der Waals surface area (Å²) in [6, 6.07) is 8.28. The molecule has 0 aliphatic heterocycles. The number of anilines is 1. The van der Waals surface area contributed by atoms with Gasteiger partial charge in [0.1, 0.15) is 5.76 Å². The fraction of sp³-hybridized carbons (Fsp3) is 0.333. The van der Waals surface area contributed by atoms with Crippen LogP contribution in [0.2, 0.25) is 0 Å². The van der Waals surface area contributed by atoms with Crippen LogP contribution < -0.4 is 5.32 Å². The van der Waals surface area contributed by atoms with Crippen molar-refractivity contribution in [2.45, 2.75) is 31.6 Å². The van der Waals surface area contributed by atoms with Crippen molar-refractivity contribution in [2.75, 3.05) is 11.1 Å². The lowest BCUT2D eigenvalue weighted by molar-refractivity contribution is -0.116. The summed E-state index contributed by atoms with van der Waals surface area (Å²) < 4.78 is 29.1. The molecular weight excluding hydrogens is 304 g/mol. The van der Waals surface area contributed by atoms with Gasteiger partial charge in [-0.15, -0.1) is 0 Å². The first kappa shape index (κ1) is 16.2. The van der Waals surface area contributed by atoms with Gasteiger partial charge in [-0.05, 0) is 32.4 Å². The smallest absolute Gasteiger partial charge is 0.225 e. The topological polar surface area (TPSA) is 89.3 Å². The van der Waals surface area contributed by atoms with Crippen molar-refractivity contribution in [3.05, 3.63) is 41.7 Å². The molecule has 1 heterocycles. The number of hydrogen-bond acceptors (Lipinski definition) is 5. The van der Waals surface area contributed by atoms with Crippen molar-refractivity contribution in [2.24, 2.45) is 0 Å². The predicted molar refractivity (Wildman–Crippen MR) is 82.3 cm³/mol. The second-order valence-corrected chi connectivity index (χ2v) is 7.22. The van der Waals surface area contributed by atoms with E-state index in [0.717, 1.165) is 5.56 Å². The first-order chi connectivity index (χ1) is 10.4. The molecule has 0 fully saturated rings. The fourth-order valence-electron chi connectivity index (χ4n) is 1.92. The third-order valence-electron chi connectivity index (χ3n) is 3.09. The van der Waals surface area contributed by atoms with Crippen LogP contribution in [0.25, 0.3) is 0 Å². The average Bonchev–Trinajstić information content (AvgIpc) is 2.84. The molecule has 1 aromatic carbocycles.